The molecule has 0 unspecified atom stereocenters. The first-order valence-electron chi connectivity index (χ1n) is 2.38. The molecule has 10 nitrogen and oxygen atoms in total. The van der Waals surface area contributed by atoms with Crippen LogP contribution in [0.4, 0.5) is 0 Å². The zero-order chi connectivity index (χ0) is 12.3. The molecule has 0 aliphatic carbocycles. The first-order chi connectivity index (χ1) is 6.29. The Morgan fingerprint density at radius 1 is 0.765 bits per heavy atom. The molecule has 0 aliphatic rings. The van der Waals surface area contributed by atoms with Crippen LogP contribution in [0, 0.1) is 0 Å². The molecule has 0 fully saturated rings. The Kier molecular flexibility index (Phi) is 56.0. The van der Waals surface area contributed by atoms with E-state index in [0.29, 0.717) is 0 Å². The predicted octanol–water partition coefficient (Wildman–Crippen LogP) is -11.3. The number of carboxylic acids is 4. The molecule has 0 heterocycles. The molecule has 4 N–H and O–H groups in total. The first-order valence-corrected chi connectivity index (χ1v) is 3.01. The number of carboxylic acid groups (broad SMARTS) is 4. The van der Waals surface area contributed by atoms with Gasteiger partial charge in [0.05, 0.1) is 0 Å². The van der Waals surface area contributed by atoms with E-state index in [1.807, 2.05) is 0 Å². The third-order valence-corrected chi connectivity index (χ3v) is 0.349. The third kappa shape index (κ3) is 46.4. The van der Waals surface area contributed by atoms with Crippen molar-refractivity contribution < 1.29 is 172 Å². The van der Waals surface area contributed by atoms with Gasteiger partial charge in [0, 0.05) is 0 Å². The van der Waals surface area contributed by atoms with Crippen LogP contribution in [0.25, 0.3) is 0 Å². The third-order valence-electron chi connectivity index (χ3n) is 0.349. The molecule has 13 heteroatoms. The molecule has 0 aromatic carbocycles. The van der Waals surface area contributed by atoms with Crippen molar-refractivity contribution in [2.24, 2.45) is 0 Å². The number of hydrogen-bond donors (Lipinski definition) is 2. The summed E-state index contributed by atoms with van der Waals surface area (Å²) >= 11 is 0.750. The predicted molar refractivity (Wildman–Crippen MR) is 29.6 cm³/mol. The van der Waals surface area contributed by atoms with E-state index in [1.165, 1.54) is 0 Å². The van der Waals surface area contributed by atoms with Crippen molar-refractivity contribution in [3.8, 4) is 0 Å². The molecule has 0 radical (unpaired) electrons. The van der Waals surface area contributed by atoms with E-state index < -0.39 is 23.9 Å². The molecular formula is C4H4K2O10Ti. The van der Waals surface area contributed by atoms with Gasteiger partial charge in [0.25, 0.3) is 0 Å². The van der Waals surface area contributed by atoms with Gasteiger partial charge in [-0.15, -0.1) is 0 Å². The van der Waals surface area contributed by atoms with Crippen LogP contribution in [0.15, 0.2) is 0 Å². The Labute approximate surface area is 191 Å². The molecule has 0 bridgehead atoms. The Balaban J connectivity index is -0.0000000268. The van der Waals surface area contributed by atoms with Gasteiger partial charge in [0.2, 0.25) is 0 Å². The Hall–Kier alpha value is 1.63. The molecule has 0 aliphatic heterocycles. The van der Waals surface area contributed by atoms with Gasteiger partial charge >= 0.3 is 138 Å². The van der Waals surface area contributed by atoms with Crippen LogP contribution >= 0.6 is 0 Å². The normalized spacial score (nSPS) is 5.35. The fourth-order valence-electron chi connectivity index (χ4n) is 0. The molecular weight excluding hydrogens is 334 g/mol. The summed E-state index contributed by atoms with van der Waals surface area (Å²) in [6.45, 7) is 0. The second-order valence-corrected chi connectivity index (χ2v) is 1.19. The molecule has 0 rings (SSSR count). The average molecular weight is 338 g/mol. The number of aliphatic carboxylic acids is 4. The maximum atomic E-state index is 9.04. The molecule has 0 saturated carbocycles. The quantitative estimate of drug-likeness (QED) is 0.317. The van der Waals surface area contributed by atoms with Gasteiger partial charge in [0.15, 0.2) is 11.9 Å². The van der Waals surface area contributed by atoms with Crippen molar-refractivity contribution in [1.29, 1.82) is 0 Å². The Morgan fingerprint density at radius 3 is 0.824 bits per heavy atom. The topological polar surface area (TPSA) is 203 Å². The number of carbonyl (C=O) groups is 4. The first kappa shape index (κ1) is 36.3. The van der Waals surface area contributed by atoms with Crippen LogP contribution < -0.4 is 113 Å². The maximum absolute atomic E-state index is 9.04. The van der Waals surface area contributed by atoms with Gasteiger partial charge in [-0.2, -0.15) is 0 Å². The molecule has 0 spiro atoms. The second kappa shape index (κ2) is 26.2. The summed E-state index contributed by atoms with van der Waals surface area (Å²) in [7, 11) is 0. The van der Waals surface area contributed by atoms with Crippen molar-refractivity contribution in [3.63, 3.8) is 0 Å². The van der Waals surface area contributed by atoms with E-state index >= 15 is 0 Å². The molecule has 0 saturated heterocycles. The van der Waals surface area contributed by atoms with Crippen LogP contribution in [0.1, 0.15) is 0 Å². The van der Waals surface area contributed by atoms with Crippen LogP contribution in [-0.2, 0) is 42.9 Å². The van der Waals surface area contributed by atoms with E-state index in [-0.39, 0.29) is 108 Å². The summed E-state index contributed by atoms with van der Waals surface area (Å²) in [5.74, 6) is -8.02. The van der Waals surface area contributed by atoms with E-state index in [1.54, 1.807) is 0 Å². The Bertz CT molecular complexity index is 194. The summed E-state index contributed by atoms with van der Waals surface area (Å²) in [6.07, 6.45) is 0. The summed E-state index contributed by atoms with van der Waals surface area (Å²) in [6, 6.07) is 0. The summed E-state index contributed by atoms with van der Waals surface area (Å²) in [4.78, 5) is 36.1. The summed E-state index contributed by atoms with van der Waals surface area (Å²) < 4.78 is 8.25. The molecule has 0 amide bonds. The van der Waals surface area contributed by atoms with Gasteiger partial charge in [-0.25, -0.2) is 9.59 Å². The zero-order valence-electron chi connectivity index (χ0n) is 8.75. The van der Waals surface area contributed by atoms with Crippen molar-refractivity contribution in [2.75, 3.05) is 0 Å². The van der Waals surface area contributed by atoms with Crippen molar-refractivity contribution in [3.05, 3.63) is 0 Å². The van der Waals surface area contributed by atoms with Gasteiger partial charge in [-0.1, -0.05) is 0 Å². The van der Waals surface area contributed by atoms with Crippen molar-refractivity contribution in [2.45, 2.75) is 0 Å². The van der Waals surface area contributed by atoms with E-state index in [4.69, 9.17) is 42.9 Å². The molecule has 0 atom stereocenters. The number of carbonyl (C=O) groups excluding carboxylic acids is 2. The van der Waals surface area contributed by atoms with Gasteiger partial charge < -0.3 is 35.5 Å². The number of hydrogen-bond acceptors (Lipinski definition) is 7. The van der Waals surface area contributed by atoms with Crippen LogP contribution in [0.5, 0.6) is 0 Å². The van der Waals surface area contributed by atoms with Crippen LogP contribution in [0.2, 0.25) is 0 Å². The second-order valence-electron chi connectivity index (χ2n) is 1.19. The monoisotopic (exact) mass is 338 g/mol. The summed E-state index contributed by atoms with van der Waals surface area (Å²) in [5, 5.41) is 32.6. The standard InChI is InChI=1S/2C2H2O4.2K.H2O.O.Ti/c2*3-1(4)2(5)6;;;;;/h2*(H,3,4)(H,5,6);;;1H2;;/q;;2*+1;;;/p-2. The van der Waals surface area contributed by atoms with Crippen molar-refractivity contribution in [1.82, 2.24) is 0 Å². The average Bonchev–Trinajstić information content (AvgIpc) is 2.08. The number of rotatable bonds is 0. The molecule has 0 aromatic rings. The van der Waals surface area contributed by atoms with E-state index in [9.17, 15) is 0 Å². The van der Waals surface area contributed by atoms with Gasteiger partial charge in [0.1, 0.15) is 0 Å². The molecule has 0 aromatic heterocycles. The zero-order valence-corrected chi connectivity index (χ0v) is 16.6. The van der Waals surface area contributed by atoms with Crippen LogP contribution in [0.3, 0.4) is 0 Å². The molecule has 17 heavy (non-hydrogen) atoms. The van der Waals surface area contributed by atoms with E-state index in [0.717, 1.165) is 20.4 Å². The van der Waals surface area contributed by atoms with Crippen molar-refractivity contribution >= 4 is 23.9 Å². The fraction of sp³-hybridized carbons (Fsp3) is 0. The minimum atomic E-state index is -2.07. The van der Waals surface area contributed by atoms with Crippen LogP contribution in [-0.4, -0.2) is 39.6 Å². The van der Waals surface area contributed by atoms with Gasteiger partial charge in [-0.3, -0.25) is 0 Å². The van der Waals surface area contributed by atoms with E-state index in [2.05, 4.69) is 0 Å². The summed E-state index contributed by atoms with van der Waals surface area (Å²) in [5.41, 5.74) is 0. The SMILES string of the molecule is O.O=C([O-])C(=O)O.O=C([O-])C(=O)O.[K+].[K+].[O]=[Ti]. The fourth-order valence-corrected chi connectivity index (χ4v) is 0. The molecule has 86 valence electrons. The van der Waals surface area contributed by atoms with Gasteiger partial charge in [-0.05, 0) is 0 Å². The Morgan fingerprint density at radius 2 is 0.824 bits per heavy atom. The minimum absolute atomic E-state index is 0.